The van der Waals surface area contributed by atoms with Crippen molar-refractivity contribution in [2.24, 2.45) is 11.8 Å². The van der Waals surface area contributed by atoms with Crippen molar-refractivity contribution in [3.8, 4) is 0 Å². The number of ether oxygens (including phenoxy) is 1. The molecular formula is C19H38N2O. The topological polar surface area (TPSA) is 15.7 Å². The monoisotopic (exact) mass is 310 g/mol. The first-order chi connectivity index (χ1) is 10.5. The van der Waals surface area contributed by atoms with Crippen molar-refractivity contribution in [1.29, 1.82) is 0 Å². The van der Waals surface area contributed by atoms with Gasteiger partial charge in [0.25, 0.3) is 0 Å². The van der Waals surface area contributed by atoms with Crippen molar-refractivity contribution in [3.05, 3.63) is 0 Å². The normalized spacial score (nSPS) is 29.0. The maximum absolute atomic E-state index is 6.34. The van der Waals surface area contributed by atoms with Gasteiger partial charge in [-0.3, -0.25) is 0 Å². The van der Waals surface area contributed by atoms with Gasteiger partial charge in [0, 0.05) is 32.2 Å². The van der Waals surface area contributed by atoms with Gasteiger partial charge in [-0.15, -0.1) is 0 Å². The van der Waals surface area contributed by atoms with Crippen LogP contribution in [0.4, 0.5) is 0 Å². The Morgan fingerprint density at radius 2 is 1.73 bits per heavy atom. The maximum Gasteiger partial charge on any atom is 0.0608 e. The van der Waals surface area contributed by atoms with Crippen LogP contribution in [0, 0.1) is 11.8 Å². The van der Waals surface area contributed by atoms with Crippen LogP contribution in [0.3, 0.4) is 0 Å². The molecule has 0 aromatic carbocycles. The molecule has 1 heterocycles. The molecule has 0 aromatic rings. The lowest BCUT2D eigenvalue weighted by molar-refractivity contribution is -0.102. The van der Waals surface area contributed by atoms with E-state index >= 15 is 0 Å². The van der Waals surface area contributed by atoms with E-state index in [4.69, 9.17) is 4.74 Å². The average molecular weight is 311 g/mol. The molecule has 0 amide bonds. The number of likely N-dealkylation sites (tertiary alicyclic amines) is 1. The van der Waals surface area contributed by atoms with Crippen molar-refractivity contribution in [2.75, 3.05) is 33.2 Å². The smallest absolute Gasteiger partial charge is 0.0608 e. The summed E-state index contributed by atoms with van der Waals surface area (Å²) in [5.74, 6) is 1.60. The molecule has 0 spiro atoms. The van der Waals surface area contributed by atoms with E-state index < -0.39 is 0 Å². The molecular weight excluding hydrogens is 272 g/mol. The summed E-state index contributed by atoms with van der Waals surface area (Å²) in [4.78, 5) is 5.16. The molecule has 22 heavy (non-hydrogen) atoms. The molecule has 0 radical (unpaired) electrons. The second kappa shape index (κ2) is 8.65. The van der Waals surface area contributed by atoms with E-state index in [1.807, 2.05) is 0 Å². The lowest BCUT2D eigenvalue weighted by Gasteiger charge is -2.44. The summed E-state index contributed by atoms with van der Waals surface area (Å²) in [6.45, 7) is 14.2. The molecule has 3 nitrogen and oxygen atoms in total. The van der Waals surface area contributed by atoms with Crippen LogP contribution in [-0.4, -0.2) is 61.3 Å². The van der Waals surface area contributed by atoms with Crippen LogP contribution in [0.2, 0.25) is 0 Å². The van der Waals surface area contributed by atoms with Crippen LogP contribution in [0.25, 0.3) is 0 Å². The zero-order valence-electron chi connectivity index (χ0n) is 15.6. The fraction of sp³-hybridized carbons (Fsp3) is 1.00. The van der Waals surface area contributed by atoms with Crippen LogP contribution in [-0.2, 0) is 4.74 Å². The molecule has 0 aromatic heterocycles. The summed E-state index contributed by atoms with van der Waals surface area (Å²) in [5.41, 5.74) is 0. The molecule has 0 N–H and O–H groups in total. The maximum atomic E-state index is 6.34. The SMILES string of the molecule is CCC(C)CN1CCC(OC2CC(N(C)CC(C)C)C2)CC1. The molecule has 2 rings (SSSR count). The van der Waals surface area contributed by atoms with Crippen LogP contribution in [0.15, 0.2) is 0 Å². The van der Waals surface area contributed by atoms with Crippen LogP contribution >= 0.6 is 0 Å². The van der Waals surface area contributed by atoms with E-state index in [2.05, 4.69) is 44.5 Å². The molecule has 130 valence electrons. The predicted molar refractivity (Wildman–Crippen MR) is 94.3 cm³/mol. The first-order valence-electron chi connectivity index (χ1n) is 9.56. The van der Waals surface area contributed by atoms with E-state index in [1.165, 1.54) is 58.3 Å². The average Bonchev–Trinajstić information content (AvgIpc) is 2.43. The van der Waals surface area contributed by atoms with Crippen molar-refractivity contribution in [3.63, 3.8) is 0 Å². The highest BCUT2D eigenvalue weighted by Crippen LogP contribution is 2.30. The largest absolute Gasteiger partial charge is 0.375 e. The second-order valence-electron chi connectivity index (χ2n) is 8.23. The first-order valence-corrected chi connectivity index (χ1v) is 9.56. The van der Waals surface area contributed by atoms with Gasteiger partial charge < -0.3 is 14.5 Å². The number of rotatable bonds is 8. The van der Waals surface area contributed by atoms with Gasteiger partial charge in [0.2, 0.25) is 0 Å². The molecule has 1 saturated carbocycles. The molecule has 1 unspecified atom stereocenters. The molecule has 3 heteroatoms. The third-order valence-corrected chi connectivity index (χ3v) is 5.53. The lowest BCUT2D eigenvalue weighted by atomic mass is 9.87. The summed E-state index contributed by atoms with van der Waals surface area (Å²) >= 11 is 0. The van der Waals surface area contributed by atoms with Gasteiger partial charge in [-0.05, 0) is 44.6 Å². The van der Waals surface area contributed by atoms with E-state index in [-0.39, 0.29) is 0 Å². The van der Waals surface area contributed by atoms with Crippen LogP contribution < -0.4 is 0 Å². The Morgan fingerprint density at radius 3 is 2.27 bits per heavy atom. The minimum atomic E-state index is 0.523. The van der Waals surface area contributed by atoms with E-state index in [0.717, 1.165) is 17.9 Å². The van der Waals surface area contributed by atoms with Gasteiger partial charge in [0.05, 0.1) is 12.2 Å². The van der Waals surface area contributed by atoms with E-state index in [0.29, 0.717) is 12.2 Å². The van der Waals surface area contributed by atoms with Gasteiger partial charge >= 0.3 is 0 Å². The summed E-state index contributed by atoms with van der Waals surface area (Å²) in [7, 11) is 2.27. The fourth-order valence-electron chi connectivity index (χ4n) is 3.80. The zero-order valence-corrected chi connectivity index (χ0v) is 15.6. The second-order valence-corrected chi connectivity index (χ2v) is 8.23. The molecule has 0 bridgehead atoms. The van der Waals surface area contributed by atoms with Gasteiger partial charge in [0.1, 0.15) is 0 Å². The highest BCUT2D eigenvalue weighted by atomic mass is 16.5. The Kier molecular flexibility index (Phi) is 7.17. The quantitative estimate of drug-likeness (QED) is 0.681. The highest BCUT2D eigenvalue weighted by Gasteiger charge is 2.35. The Labute approximate surface area is 138 Å². The summed E-state index contributed by atoms with van der Waals surface area (Å²) in [5, 5.41) is 0. The minimum Gasteiger partial charge on any atom is -0.375 e. The van der Waals surface area contributed by atoms with E-state index in [9.17, 15) is 0 Å². The number of piperidine rings is 1. The van der Waals surface area contributed by atoms with Crippen LogP contribution in [0.5, 0.6) is 0 Å². The molecule has 1 aliphatic carbocycles. The van der Waals surface area contributed by atoms with Gasteiger partial charge in [-0.25, -0.2) is 0 Å². The zero-order chi connectivity index (χ0) is 16.1. The van der Waals surface area contributed by atoms with Crippen molar-refractivity contribution in [1.82, 2.24) is 9.80 Å². The molecule has 1 atom stereocenters. The van der Waals surface area contributed by atoms with Gasteiger partial charge in [-0.2, -0.15) is 0 Å². The van der Waals surface area contributed by atoms with E-state index in [1.54, 1.807) is 0 Å². The Hall–Kier alpha value is -0.120. The van der Waals surface area contributed by atoms with Gasteiger partial charge in [-0.1, -0.05) is 34.1 Å². The van der Waals surface area contributed by atoms with Crippen molar-refractivity contribution >= 4 is 0 Å². The number of hydrogen-bond donors (Lipinski definition) is 0. The van der Waals surface area contributed by atoms with Crippen LogP contribution in [0.1, 0.15) is 59.8 Å². The third-order valence-electron chi connectivity index (χ3n) is 5.53. The Balaban J connectivity index is 1.58. The molecule has 1 aliphatic heterocycles. The molecule has 2 fully saturated rings. The predicted octanol–water partition coefficient (Wildman–Crippen LogP) is 3.63. The van der Waals surface area contributed by atoms with Crippen molar-refractivity contribution in [2.45, 2.75) is 78.0 Å². The summed E-state index contributed by atoms with van der Waals surface area (Å²) < 4.78 is 6.34. The standard InChI is InChI=1S/C19H38N2O/c1-6-16(4)14-21-9-7-18(8-10-21)22-19-11-17(12-19)20(5)13-15(2)3/h15-19H,6-14H2,1-5H3. The molecule has 2 aliphatic rings. The summed E-state index contributed by atoms with van der Waals surface area (Å²) in [6, 6.07) is 0.762. The van der Waals surface area contributed by atoms with Gasteiger partial charge in [0.15, 0.2) is 0 Å². The number of hydrogen-bond acceptors (Lipinski definition) is 3. The first kappa shape index (κ1) is 18.2. The Morgan fingerprint density at radius 1 is 1.09 bits per heavy atom. The third kappa shape index (κ3) is 5.50. The highest BCUT2D eigenvalue weighted by molar-refractivity contribution is 4.88. The lowest BCUT2D eigenvalue weighted by Crippen LogP contribution is -2.49. The Bertz CT molecular complexity index is 307. The number of nitrogens with zero attached hydrogens (tertiary/aromatic N) is 2. The fourth-order valence-corrected chi connectivity index (χ4v) is 3.80. The summed E-state index contributed by atoms with van der Waals surface area (Å²) in [6.07, 6.45) is 7.31. The van der Waals surface area contributed by atoms with Crippen molar-refractivity contribution < 1.29 is 4.74 Å². The molecule has 1 saturated heterocycles. The minimum absolute atomic E-state index is 0.523.